The SMILES string of the molecule is C=CCOC(=O)C(CCCN)NC(=O)OCC1c2ccccc2-c2ccccc21.Cl. The maximum atomic E-state index is 12.4. The van der Waals surface area contributed by atoms with E-state index in [2.05, 4.69) is 36.2 Å². The number of fused-ring (bicyclic) bond motifs is 3. The van der Waals surface area contributed by atoms with Gasteiger partial charge in [0.05, 0.1) is 0 Å². The average molecular weight is 431 g/mol. The van der Waals surface area contributed by atoms with Crippen molar-refractivity contribution in [2.45, 2.75) is 24.8 Å². The molecule has 0 aromatic heterocycles. The van der Waals surface area contributed by atoms with Crippen LogP contribution in [0.2, 0.25) is 0 Å². The van der Waals surface area contributed by atoms with E-state index in [1.807, 2.05) is 24.3 Å². The van der Waals surface area contributed by atoms with Crippen molar-refractivity contribution in [1.29, 1.82) is 0 Å². The van der Waals surface area contributed by atoms with Gasteiger partial charge in [0.1, 0.15) is 19.3 Å². The van der Waals surface area contributed by atoms with E-state index in [0.29, 0.717) is 19.4 Å². The standard InChI is InChI=1S/C23H26N2O4.ClH/c1-2-14-28-22(26)21(12-7-13-24)25-23(27)29-15-20-18-10-5-3-8-16(18)17-9-4-6-11-19(17)20;/h2-6,8-11,20-21H,1,7,12-15,24H2,(H,25,27);1H. The van der Waals surface area contributed by atoms with E-state index in [1.54, 1.807) is 0 Å². The summed E-state index contributed by atoms with van der Waals surface area (Å²) in [5.74, 6) is -0.560. The Hall–Kier alpha value is -2.83. The highest BCUT2D eigenvalue weighted by atomic mass is 35.5. The Morgan fingerprint density at radius 1 is 1.07 bits per heavy atom. The Balaban J connectivity index is 0.00000320. The Bertz CT molecular complexity index is 842. The summed E-state index contributed by atoms with van der Waals surface area (Å²) in [5, 5.41) is 2.61. The molecule has 6 nitrogen and oxygen atoms in total. The van der Waals surface area contributed by atoms with E-state index >= 15 is 0 Å². The van der Waals surface area contributed by atoms with Gasteiger partial charge in [-0.25, -0.2) is 9.59 Å². The first-order chi connectivity index (χ1) is 14.2. The van der Waals surface area contributed by atoms with Crippen molar-refractivity contribution < 1.29 is 19.1 Å². The second-order valence-corrected chi connectivity index (χ2v) is 6.87. The third kappa shape index (κ3) is 5.40. The summed E-state index contributed by atoms with van der Waals surface area (Å²) in [7, 11) is 0. The molecule has 1 aliphatic carbocycles. The molecule has 0 saturated carbocycles. The van der Waals surface area contributed by atoms with E-state index in [-0.39, 0.29) is 31.5 Å². The predicted octanol–water partition coefficient (Wildman–Crippen LogP) is 3.78. The minimum atomic E-state index is -0.797. The second-order valence-electron chi connectivity index (χ2n) is 6.87. The maximum absolute atomic E-state index is 12.4. The number of carbonyl (C=O) groups excluding carboxylic acids is 2. The van der Waals surface area contributed by atoms with Gasteiger partial charge in [-0.15, -0.1) is 12.4 Å². The van der Waals surface area contributed by atoms with Crippen molar-refractivity contribution in [3.63, 3.8) is 0 Å². The van der Waals surface area contributed by atoms with Crippen LogP contribution in [0.3, 0.4) is 0 Å². The monoisotopic (exact) mass is 430 g/mol. The number of amides is 1. The van der Waals surface area contributed by atoms with E-state index in [4.69, 9.17) is 15.2 Å². The van der Waals surface area contributed by atoms with Crippen LogP contribution in [0.15, 0.2) is 61.2 Å². The van der Waals surface area contributed by atoms with Crippen LogP contribution < -0.4 is 11.1 Å². The summed E-state index contributed by atoms with van der Waals surface area (Å²) in [5.41, 5.74) is 10.1. The third-order valence-corrected chi connectivity index (χ3v) is 4.96. The molecule has 30 heavy (non-hydrogen) atoms. The minimum absolute atomic E-state index is 0. The number of benzene rings is 2. The Morgan fingerprint density at radius 3 is 2.23 bits per heavy atom. The molecule has 3 rings (SSSR count). The molecule has 0 aliphatic heterocycles. The fraction of sp³-hybridized carbons (Fsp3) is 0.304. The number of nitrogens with two attached hydrogens (primary N) is 1. The van der Waals surface area contributed by atoms with E-state index < -0.39 is 18.1 Å². The van der Waals surface area contributed by atoms with Gasteiger partial charge in [-0.05, 0) is 41.6 Å². The van der Waals surface area contributed by atoms with Crippen LogP contribution in [0.1, 0.15) is 29.9 Å². The molecular weight excluding hydrogens is 404 g/mol. The van der Waals surface area contributed by atoms with Crippen molar-refractivity contribution in [3.8, 4) is 11.1 Å². The zero-order valence-corrected chi connectivity index (χ0v) is 17.5. The molecule has 7 heteroatoms. The quantitative estimate of drug-likeness (QED) is 0.466. The lowest BCUT2D eigenvalue weighted by molar-refractivity contribution is -0.145. The number of hydrogen-bond donors (Lipinski definition) is 2. The van der Waals surface area contributed by atoms with E-state index in [0.717, 1.165) is 22.3 Å². The maximum Gasteiger partial charge on any atom is 0.407 e. The second kappa shape index (κ2) is 11.4. The van der Waals surface area contributed by atoms with Crippen LogP contribution in [-0.2, 0) is 14.3 Å². The third-order valence-electron chi connectivity index (χ3n) is 4.96. The summed E-state index contributed by atoms with van der Waals surface area (Å²) in [6.07, 6.45) is 1.80. The lowest BCUT2D eigenvalue weighted by Crippen LogP contribution is -2.42. The van der Waals surface area contributed by atoms with Crippen LogP contribution in [0.25, 0.3) is 11.1 Å². The van der Waals surface area contributed by atoms with Gasteiger partial charge in [0, 0.05) is 5.92 Å². The molecule has 0 spiro atoms. The Labute approximate surface area is 182 Å². The molecule has 0 fully saturated rings. The molecular formula is C23H27ClN2O4. The zero-order chi connectivity index (χ0) is 20.6. The van der Waals surface area contributed by atoms with Crippen LogP contribution in [0.5, 0.6) is 0 Å². The van der Waals surface area contributed by atoms with Gasteiger partial charge in [-0.1, -0.05) is 61.2 Å². The van der Waals surface area contributed by atoms with Crippen LogP contribution >= 0.6 is 12.4 Å². The lowest BCUT2D eigenvalue weighted by Gasteiger charge is -2.18. The molecule has 0 heterocycles. The molecule has 1 amide bonds. The first-order valence-electron chi connectivity index (χ1n) is 9.74. The molecule has 2 aromatic carbocycles. The van der Waals surface area contributed by atoms with Crippen molar-refractivity contribution in [1.82, 2.24) is 5.32 Å². The van der Waals surface area contributed by atoms with Gasteiger partial charge in [-0.3, -0.25) is 0 Å². The van der Waals surface area contributed by atoms with Gasteiger partial charge >= 0.3 is 12.1 Å². The highest BCUT2D eigenvalue weighted by Gasteiger charge is 2.29. The smallest absolute Gasteiger partial charge is 0.407 e. The molecule has 1 atom stereocenters. The molecule has 1 aliphatic rings. The highest BCUT2D eigenvalue weighted by molar-refractivity contribution is 5.85. The minimum Gasteiger partial charge on any atom is -0.460 e. The number of carbonyl (C=O) groups is 2. The molecule has 2 aromatic rings. The molecule has 0 saturated heterocycles. The fourth-order valence-corrected chi connectivity index (χ4v) is 3.59. The summed E-state index contributed by atoms with van der Waals surface area (Å²) >= 11 is 0. The van der Waals surface area contributed by atoms with Crippen LogP contribution in [0, 0.1) is 0 Å². The first kappa shape index (κ1) is 23.4. The normalized spacial score (nSPS) is 12.7. The average Bonchev–Trinajstić information content (AvgIpc) is 3.07. The highest BCUT2D eigenvalue weighted by Crippen LogP contribution is 2.44. The Morgan fingerprint density at radius 2 is 1.67 bits per heavy atom. The number of nitrogens with one attached hydrogen (secondary N) is 1. The summed E-state index contributed by atoms with van der Waals surface area (Å²) in [4.78, 5) is 24.5. The zero-order valence-electron chi connectivity index (χ0n) is 16.7. The molecule has 1 unspecified atom stereocenters. The van der Waals surface area contributed by atoms with Gasteiger partial charge in [-0.2, -0.15) is 0 Å². The fourth-order valence-electron chi connectivity index (χ4n) is 3.59. The summed E-state index contributed by atoms with van der Waals surface area (Å²) in [6, 6.07) is 15.4. The van der Waals surface area contributed by atoms with Crippen molar-refractivity contribution >= 4 is 24.5 Å². The Kier molecular flexibility index (Phi) is 8.89. The van der Waals surface area contributed by atoms with Gasteiger partial charge in [0.2, 0.25) is 0 Å². The number of rotatable bonds is 9. The van der Waals surface area contributed by atoms with Gasteiger partial charge in [0.25, 0.3) is 0 Å². The molecule has 3 N–H and O–H groups in total. The lowest BCUT2D eigenvalue weighted by atomic mass is 9.98. The number of halogens is 1. The van der Waals surface area contributed by atoms with Crippen molar-refractivity contribution in [2.75, 3.05) is 19.8 Å². The summed E-state index contributed by atoms with van der Waals surface area (Å²) < 4.78 is 10.5. The molecule has 0 bridgehead atoms. The van der Waals surface area contributed by atoms with Crippen LogP contribution in [-0.4, -0.2) is 37.9 Å². The number of hydrogen-bond acceptors (Lipinski definition) is 5. The van der Waals surface area contributed by atoms with Crippen LogP contribution in [0.4, 0.5) is 4.79 Å². The number of esters is 1. The van der Waals surface area contributed by atoms with Gasteiger partial charge < -0.3 is 20.5 Å². The number of ether oxygens (including phenoxy) is 2. The van der Waals surface area contributed by atoms with Crippen molar-refractivity contribution in [2.24, 2.45) is 5.73 Å². The number of alkyl carbamates (subject to hydrolysis) is 1. The predicted molar refractivity (Wildman–Crippen MR) is 119 cm³/mol. The molecule has 0 radical (unpaired) electrons. The first-order valence-corrected chi connectivity index (χ1v) is 9.74. The largest absolute Gasteiger partial charge is 0.460 e. The topological polar surface area (TPSA) is 90.6 Å². The summed E-state index contributed by atoms with van der Waals surface area (Å²) in [6.45, 7) is 4.20. The van der Waals surface area contributed by atoms with E-state index in [9.17, 15) is 9.59 Å². The molecule has 160 valence electrons. The van der Waals surface area contributed by atoms with Gasteiger partial charge in [0.15, 0.2) is 0 Å². The van der Waals surface area contributed by atoms with E-state index in [1.165, 1.54) is 6.08 Å². The van der Waals surface area contributed by atoms with Crippen molar-refractivity contribution in [3.05, 3.63) is 72.3 Å².